The molecule has 0 heterocycles. The van der Waals surface area contributed by atoms with Gasteiger partial charge in [-0.1, -0.05) is 29.8 Å². The molecule has 0 aromatic heterocycles. The summed E-state index contributed by atoms with van der Waals surface area (Å²) in [7, 11) is 1.67. The van der Waals surface area contributed by atoms with Gasteiger partial charge in [0.05, 0.1) is 13.7 Å². The number of hydrogen-bond acceptors (Lipinski definition) is 3. The third-order valence-corrected chi connectivity index (χ3v) is 3.29. The van der Waals surface area contributed by atoms with Crippen LogP contribution in [-0.2, 0) is 6.54 Å². The average molecular weight is 316 g/mol. The van der Waals surface area contributed by atoms with Gasteiger partial charge in [0.25, 0.3) is 0 Å². The summed E-state index contributed by atoms with van der Waals surface area (Å²) in [6.07, 6.45) is 0.965. The summed E-state index contributed by atoms with van der Waals surface area (Å²) in [4.78, 5) is 0. The molecular weight excluding hydrogens is 294 g/mol. The largest absolute Gasteiger partial charge is 0.496 e. The zero-order chi connectivity index (χ0) is 13.5. The van der Waals surface area contributed by atoms with Crippen LogP contribution in [0.25, 0.3) is 0 Å². The van der Waals surface area contributed by atoms with E-state index in [0.717, 1.165) is 22.2 Å². The lowest BCUT2D eigenvalue weighted by atomic mass is 10.0. The zero-order valence-electron chi connectivity index (χ0n) is 11.2. The molecule has 0 saturated heterocycles. The Balaban J connectivity index is 2.63. The zero-order valence-corrected chi connectivity index (χ0v) is 12.8. The van der Waals surface area contributed by atoms with Crippen molar-refractivity contribution >= 4 is 15.9 Å². The van der Waals surface area contributed by atoms with Crippen LogP contribution in [0.4, 0.5) is 0 Å². The molecule has 0 bridgehead atoms. The second-order valence-corrected chi connectivity index (χ2v) is 5.76. The van der Waals surface area contributed by atoms with Gasteiger partial charge >= 0.3 is 0 Å². The Labute approximate surface area is 118 Å². The Morgan fingerprint density at radius 2 is 2.11 bits per heavy atom. The maximum absolute atomic E-state index is 9.33. The van der Waals surface area contributed by atoms with Gasteiger partial charge in [0.1, 0.15) is 5.75 Å². The molecule has 1 rings (SSSR count). The van der Waals surface area contributed by atoms with Gasteiger partial charge < -0.3 is 15.2 Å². The predicted octanol–water partition coefficient (Wildman–Crippen LogP) is 2.95. The number of aliphatic hydroxyl groups excluding tert-OH is 1. The Morgan fingerprint density at radius 1 is 1.39 bits per heavy atom. The summed E-state index contributed by atoms with van der Waals surface area (Å²) in [5.41, 5.74) is 1.09. The first kappa shape index (κ1) is 15.5. The molecule has 0 spiro atoms. The number of ether oxygens (including phenoxy) is 1. The number of methoxy groups -OCH3 is 1. The van der Waals surface area contributed by atoms with Crippen molar-refractivity contribution in [3.8, 4) is 5.75 Å². The fourth-order valence-electron chi connectivity index (χ4n) is 1.93. The topological polar surface area (TPSA) is 41.5 Å². The molecule has 1 aromatic rings. The Hall–Kier alpha value is -0.580. The van der Waals surface area contributed by atoms with Crippen molar-refractivity contribution in [2.75, 3.05) is 13.7 Å². The van der Waals surface area contributed by atoms with Crippen LogP contribution in [-0.4, -0.2) is 24.9 Å². The lowest BCUT2D eigenvalue weighted by molar-refractivity contribution is 0.223. The summed E-state index contributed by atoms with van der Waals surface area (Å²) in [6.45, 7) is 5.17. The third kappa shape index (κ3) is 4.96. The highest BCUT2D eigenvalue weighted by molar-refractivity contribution is 9.10. The molecule has 1 atom stereocenters. The van der Waals surface area contributed by atoms with Gasteiger partial charge in [-0.05, 0) is 30.5 Å². The Morgan fingerprint density at radius 3 is 2.67 bits per heavy atom. The second kappa shape index (κ2) is 7.77. The molecular formula is C14H22BrNO2. The second-order valence-electron chi connectivity index (χ2n) is 4.85. The van der Waals surface area contributed by atoms with Crippen LogP contribution in [0.1, 0.15) is 25.8 Å². The maximum atomic E-state index is 9.33. The number of aliphatic hydroxyl groups is 1. The normalized spacial score (nSPS) is 12.8. The van der Waals surface area contributed by atoms with Crippen molar-refractivity contribution in [3.05, 3.63) is 28.2 Å². The minimum atomic E-state index is 0.133. The lowest BCUT2D eigenvalue weighted by Crippen LogP contribution is -2.33. The van der Waals surface area contributed by atoms with Crippen molar-refractivity contribution in [1.82, 2.24) is 5.32 Å². The molecule has 4 heteroatoms. The van der Waals surface area contributed by atoms with E-state index in [0.29, 0.717) is 12.5 Å². The van der Waals surface area contributed by atoms with Gasteiger partial charge in [0.2, 0.25) is 0 Å². The predicted molar refractivity (Wildman–Crippen MR) is 77.9 cm³/mol. The number of hydrogen-bond donors (Lipinski definition) is 2. The van der Waals surface area contributed by atoms with Crippen LogP contribution in [0.3, 0.4) is 0 Å². The van der Waals surface area contributed by atoms with Crippen molar-refractivity contribution < 1.29 is 9.84 Å². The fraction of sp³-hybridized carbons (Fsp3) is 0.571. The van der Waals surface area contributed by atoms with Crippen LogP contribution in [0.2, 0.25) is 0 Å². The van der Waals surface area contributed by atoms with Gasteiger partial charge in [-0.15, -0.1) is 0 Å². The van der Waals surface area contributed by atoms with Crippen LogP contribution < -0.4 is 10.1 Å². The first-order valence-corrected chi connectivity index (χ1v) is 7.02. The van der Waals surface area contributed by atoms with E-state index in [2.05, 4.69) is 35.1 Å². The van der Waals surface area contributed by atoms with Crippen molar-refractivity contribution in [3.63, 3.8) is 0 Å². The number of nitrogens with one attached hydrogen (secondary N) is 1. The molecule has 18 heavy (non-hydrogen) atoms. The van der Waals surface area contributed by atoms with Crippen molar-refractivity contribution in [2.45, 2.75) is 32.9 Å². The highest BCUT2D eigenvalue weighted by Crippen LogP contribution is 2.23. The van der Waals surface area contributed by atoms with E-state index in [1.54, 1.807) is 7.11 Å². The molecule has 1 aromatic carbocycles. The van der Waals surface area contributed by atoms with Crippen LogP contribution in [0.5, 0.6) is 5.75 Å². The highest BCUT2D eigenvalue weighted by Gasteiger charge is 2.11. The summed E-state index contributed by atoms with van der Waals surface area (Å²) in [6, 6.07) is 6.07. The number of halogens is 1. The molecule has 0 amide bonds. The molecule has 0 saturated carbocycles. The quantitative estimate of drug-likeness (QED) is 0.813. The van der Waals surface area contributed by atoms with Crippen LogP contribution in [0.15, 0.2) is 22.7 Å². The minimum absolute atomic E-state index is 0.133. The fourth-order valence-corrected chi connectivity index (χ4v) is 2.34. The van der Waals surface area contributed by atoms with Crippen LogP contribution in [0, 0.1) is 5.92 Å². The van der Waals surface area contributed by atoms with Gasteiger partial charge in [-0.2, -0.15) is 0 Å². The van der Waals surface area contributed by atoms with E-state index in [9.17, 15) is 5.11 Å². The smallest absolute Gasteiger partial charge is 0.123 e. The number of benzene rings is 1. The summed E-state index contributed by atoms with van der Waals surface area (Å²) in [5.74, 6) is 1.44. The minimum Gasteiger partial charge on any atom is -0.496 e. The van der Waals surface area contributed by atoms with Gasteiger partial charge in [-0.25, -0.2) is 0 Å². The lowest BCUT2D eigenvalue weighted by Gasteiger charge is -2.19. The molecule has 3 nitrogen and oxygen atoms in total. The van der Waals surface area contributed by atoms with Gasteiger partial charge in [0.15, 0.2) is 0 Å². The van der Waals surface area contributed by atoms with Gasteiger partial charge in [0, 0.05) is 22.6 Å². The van der Waals surface area contributed by atoms with E-state index < -0.39 is 0 Å². The highest BCUT2D eigenvalue weighted by atomic mass is 79.9. The van der Waals surface area contributed by atoms with E-state index >= 15 is 0 Å². The molecule has 0 fully saturated rings. The summed E-state index contributed by atoms with van der Waals surface area (Å²) >= 11 is 3.46. The first-order valence-electron chi connectivity index (χ1n) is 6.23. The molecule has 0 aliphatic heterocycles. The molecule has 0 radical (unpaired) electrons. The average Bonchev–Trinajstić information content (AvgIpc) is 2.34. The Bertz CT molecular complexity index is 369. The van der Waals surface area contributed by atoms with Crippen LogP contribution >= 0.6 is 15.9 Å². The van der Waals surface area contributed by atoms with E-state index in [1.165, 1.54) is 0 Å². The van der Waals surface area contributed by atoms with Crippen molar-refractivity contribution in [1.29, 1.82) is 0 Å². The van der Waals surface area contributed by atoms with E-state index in [4.69, 9.17) is 4.74 Å². The molecule has 102 valence electrons. The van der Waals surface area contributed by atoms with Gasteiger partial charge in [-0.3, -0.25) is 0 Å². The first-order chi connectivity index (χ1) is 8.56. The van der Waals surface area contributed by atoms with Crippen molar-refractivity contribution in [2.24, 2.45) is 5.92 Å². The monoisotopic (exact) mass is 315 g/mol. The molecule has 2 N–H and O–H groups in total. The SMILES string of the molecule is COc1ccc(Br)cc1CNC(CO)CC(C)C. The summed E-state index contributed by atoms with van der Waals surface area (Å²) < 4.78 is 6.36. The number of rotatable bonds is 7. The third-order valence-electron chi connectivity index (χ3n) is 2.80. The maximum Gasteiger partial charge on any atom is 0.123 e. The Kier molecular flexibility index (Phi) is 6.68. The standard InChI is InChI=1S/C14H22BrNO2/c1-10(2)6-13(9-17)16-8-11-7-12(15)4-5-14(11)18-3/h4-5,7,10,13,16-17H,6,8-9H2,1-3H3. The van der Waals surface area contributed by atoms with E-state index in [-0.39, 0.29) is 12.6 Å². The molecule has 1 unspecified atom stereocenters. The molecule has 0 aliphatic rings. The molecule has 0 aliphatic carbocycles. The summed E-state index contributed by atoms with van der Waals surface area (Å²) in [5, 5.41) is 12.7. The van der Waals surface area contributed by atoms with E-state index in [1.807, 2.05) is 18.2 Å².